The van der Waals surface area contributed by atoms with E-state index in [0.29, 0.717) is 19.7 Å². The number of carbonyl (C=O) groups excluding carboxylic acids is 2. The number of ether oxygens (including phenoxy) is 1. The summed E-state index contributed by atoms with van der Waals surface area (Å²) in [6, 6.07) is 0. The second-order valence-electron chi connectivity index (χ2n) is 6.92. The molecule has 0 radical (unpaired) electrons. The smallest absolute Gasteiger partial charge is 0.319 e. The van der Waals surface area contributed by atoms with Crippen molar-refractivity contribution in [2.75, 3.05) is 25.4 Å². The first-order valence-corrected chi connectivity index (χ1v) is 8.16. The number of rotatable bonds is 3. The average molecular weight is 301 g/mol. The molecule has 1 saturated heterocycles. The molecule has 1 amide bonds. The predicted molar refractivity (Wildman–Crippen MR) is 82.7 cm³/mol. The molecule has 1 aliphatic heterocycles. The largest absolute Gasteiger partial charge is 0.465 e. The predicted octanol–water partition coefficient (Wildman–Crippen LogP) is 2.57. The maximum absolute atomic E-state index is 12.8. The molecule has 1 heterocycles. The molecule has 0 N–H and O–H groups in total. The Bertz CT molecular complexity index is 374. The third-order valence-electron chi connectivity index (χ3n) is 3.37. The Morgan fingerprint density at radius 1 is 1.35 bits per heavy atom. The van der Waals surface area contributed by atoms with E-state index in [1.165, 1.54) is 0 Å². The zero-order valence-corrected chi connectivity index (χ0v) is 14.3. The van der Waals surface area contributed by atoms with Crippen LogP contribution in [-0.4, -0.2) is 47.0 Å². The van der Waals surface area contributed by atoms with Crippen molar-refractivity contribution in [2.24, 2.45) is 11.3 Å². The lowest BCUT2D eigenvalue weighted by Gasteiger charge is -2.40. The van der Waals surface area contributed by atoms with Gasteiger partial charge < -0.3 is 9.64 Å². The molecule has 0 aromatic heterocycles. The van der Waals surface area contributed by atoms with Crippen LogP contribution in [0.4, 0.5) is 0 Å². The summed E-state index contributed by atoms with van der Waals surface area (Å²) in [5, 5.41) is 0. The maximum Gasteiger partial charge on any atom is 0.319 e. The zero-order chi connectivity index (χ0) is 15.6. The van der Waals surface area contributed by atoms with Gasteiger partial charge in [-0.15, -0.1) is 0 Å². The van der Waals surface area contributed by atoms with Gasteiger partial charge in [-0.1, -0.05) is 20.8 Å². The standard InChI is InChI=1S/C15H27NO3S/c1-7-19-13(18)11(14(2,3)4)12(17)16-8-9-20-15(5,6)10-16/h11H,7-10H2,1-6H3. The molecule has 0 spiro atoms. The van der Waals surface area contributed by atoms with Crippen molar-refractivity contribution < 1.29 is 14.3 Å². The molecule has 0 bridgehead atoms. The van der Waals surface area contributed by atoms with Crippen LogP contribution in [0.5, 0.6) is 0 Å². The Hall–Kier alpha value is -0.710. The molecule has 0 aromatic carbocycles. The lowest BCUT2D eigenvalue weighted by Crippen LogP contribution is -2.52. The van der Waals surface area contributed by atoms with Crippen LogP contribution in [-0.2, 0) is 14.3 Å². The number of esters is 1. The Morgan fingerprint density at radius 2 is 1.95 bits per heavy atom. The minimum atomic E-state index is -0.721. The van der Waals surface area contributed by atoms with E-state index >= 15 is 0 Å². The summed E-state index contributed by atoms with van der Waals surface area (Å²) < 4.78 is 5.15. The Kier molecular flexibility index (Phi) is 5.53. The van der Waals surface area contributed by atoms with Crippen molar-refractivity contribution in [3.63, 3.8) is 0 Å². The molecule has 1 aliphatic rings. The van der Waals surface area contributed by atoms with Crippen LogP contribution in [0.2, 0.25) is 0 Å². The Labute approximate surface area is 126 Å². The molecule has 0 saturated carbocycles. The third-order valence-corrected chi connectivity index (χ3v) is 4.67. The number of nitrogens with zero attached hydrogens (tertiary/aromatic N) is 1. The van der Waals surface area contributed by atoms with Crippen LogP contribution in [0.1, 0.15) is 41.5 Å². The molecule has 5 heteroatoms. The van der Waals surface area contributed by atoms with Gasteiger partial charge in [-0.25, -0.2) is 0 Å². The maximum atomic E-state index is 12.8. The van der Waals surface area contributed by atoms with Gasteiger partial charge in [-0.2, -0.15) is 11.8 Å². The van der Waals surface area contributed by atoms with Crippen molar-refractivity contribution in [2.45, 2.75) is 46.3 Å². The van der Waals surface area contributed by atoms with Gasteiger partial charge in [-0.3, -0.25) is 9.59 Å². The highest BCUT2D eigenvalue weighted by Gasteiger charge is 2.43. The van der Waals surface area contributed by atoms with E-state index in [4.69, 9.17) is 4.74 Å². The monoisotopic (exact) mass is 301 g/mol. The Balaban J connectivity index is 2.91. The highest BCUT2D eigenvalue weighted by molar-refractivity contribution is 8.00. The first-order chi connectivity index (χ1) is 9.08. The second-order valence-corrected chi connectivity index (χ2v) is 8.72. The molecule has 0 aromatic rings. The van der Waals surface area contributed by atoms with E-state index in [0.717, 1.165) is 5.75 Å². The summed E-state index contributed by atoms with van der Waals surface area (Å²) in [6.07, 6.45) is 0. The summed E-state index contributed by atoms with van der Waals surface area (Å²) in [5.74, 6) is -0.301. The summed E-state index contributed by atoms with van der Waals surface area (Å²) in [6.45, 7) is 13.5. The topological polar surface area (TPSA) is 46.6 Å². The van der Waals surface area contributed by atoms with Crippen LogP contribution in [0.15, 0.2) is 0 Å². The molecule has 1 rings (SSSR count). The number of amides is 1. The Morgan fingerprint density at radius 3 is 2.40 bits per heavy atom. The molecule has 116 valence electrons. The van der Waals surface area contributed by atoms with Crippen molar-refractivity contribution in [1.29, 1.82) is 0 Å². The van der Waals surface area contributed by atoms with Gasteiger partial charge in [0.1, 0.15) is 5.92 Å². The van der Waals surface area contributed by atoms with Crippen molar-refractivity contribution in [3.8, 4) is 0 Å². The lowest BCUT2D eigenvalue weighted by atomic mass is 9.79. The number of hydrogen-bond acceptors (Lipinski definition) is 4. The third kappa shape index (κ3) is 4.40. The van der Waals surface area contributed by atoms with Gasteiger partial charge in [0.15, 0.2) is 0 Å². The summed E-state index contributed by atoms with van der Waals surface area (Å²) in [4.78, 5) is 26.7. The van der Waals surface area contributed by atoms with Crippen molar-refractivity contribution in [1.82, 2.24) is 4.90 Å². The van der Waals surface area contributed by atoms with Crippen LogP contribution in [0.25, 0.3) is 0 Å². The van der Waals surface area contributed by atoms with E-state index in [-0.39, 0.29) is 10.7 Å². The summed E-state index contributed by atoms with van der Waals surface area (Å²) >= 11 is 1.87. The quantitative estimate of drug-likeness (QED) is 0.594. The van der Waals surface area contributed by atoms with Crippen LogP contribution in [0, 0.1) is 11.3 Å². The van der Waals surface area contributed by atoms with E-state index < -0.39 is 17.3 Å². The number of hydrogen-bond donors (Lipinski definition) is 0. The summed E-state index contributed by atoms with van der Waals surface area (Å²) in [5.41, 5.74) is -0.432. The fourth-order valence-corrected chi connectivity index (χ4v) is 3.55. The van der Waals surface area contributed by atoms with E-state index in [1.807, 2.05) is 37.4 Å². The first-order valence-electron chi connectivity index (χ1n) is 7.18. The zero-order valence-electron chi connectivity index (χ0n) is 13.5. The molecule has 1 atom stereocenters. The van der Waals surface area contributed by atoms with Crippen molar-refractivity contribution >= 4 is 23.6 Å². The molecule has 20 heavy (non-hydrogen) atoms. The minimum Gasteiger partial charge on any atom is -0.465 e. The van der Waals surface area contributed by atoms with E-state index in [2.05, 4.69) is 13.8 Å². The average Bonchev–Trinajstić information content (AvgIpc) is 2.26. The van der Waals surface area contributed by atoms with Gasteiger partial charge in [0.05, 0.1) is 6.61 Å². The second kappa shape index (κ2) is 6.37. The fraction of sp³-hybridized carbons (Fsp3) is 0.867. The SMILES string of the molecule is CCOC(=O)C(C(=O)N1CCSC(C)(C)C1)C(C)(C)C. The summed E-state index contributed by atoms with van der Waals surface area (Å²) in [7, 11) is 0. The van der Waals surface area contributed by atoms with Crippen LogP contribution >= 0.6 is 11.8 Å². The molecule has 1 unspecified atom stereocenters. The van der Waals surface area contributed by atoms with Gasteiger partial charge in [0.2, 0.25) is 5.91 Å². The normalized spacial score (nSPS) is 20.4. The van der Waals surface area contributed by atoms with Gasteiger partial charge in [0, 0.05) is 23.6 Å². The molecular weight excluding hydrogens is 274 g/mol. The molecule has 1 fully saturated rings. The fourth-order valence-electron chi connectivity index (χ4n) is 2.44. The molecule has 4 nitrogen and oxygen atoms in total. The van der Waals surface area contributed by atoms with E-state index in [1.54, 1.807) is 6.92 Å². The number of carbonyl (C=O) groups is 2. The first kappa shape index (κ1) is 17.3. The van der Waals surface area contributed by atoms with E-state index in [9.17, 15) is 9.59 Å². The van der Waals surface area contributed by atoms with Crippen LogP contribution < -0.4 is 0 Å². The number of thioether (sulfide) groups is 1. The van der Waals surface area contributed by atoms with Crippen LogP contribution in [0.3, 0.4) is 0 Å². The van der Waals surface area contributed by atoms with Gasteiger partial charge in [-0.05, 0) is 26.2 Å². The highest BCUT2D eigenvalue weighted by Crippen LogP contribution is 2.34. The van der Waals surface area contributed by atoms with Gasteiger partial charge >= 0.3 is 5.97 Å². The van der Waals surface area contributed by atoms with Gasteiger partial charge in [0.25, 0.3) is 0 Å². The molecule has 0 aliphatic carbocycles. The lowest BCUT2D eigenvalue weighted by molar-refractivity contribution is -0.160. The highest BCUT2D eigenvalue weighted by atomic mass is 32.2. The molecular formula is C15H27NO3S. The minimum absolute atomic E-state index is 0.0466. The van der Waals surface area contributed by atoms with Crippen molar-refractivity contribution in [3.05, 3.63) is 0 Å².